The molecule has 1 amide bonds. The summed E-state index contributed by atoms with van der Waals surface area (Å²) in [5.41, 5.74) is 1.27. The zero-order valence-electron chi connectivity index (χ0n) is 15.7. The van der Waals surface area contributed by atoms with Crippen molar-refractivity contribution >= 4 is 5.91 Å². The largest absolute Gasteiger partial charge is 0.378 e. The van der Waals surface area contributed by atoms with Gasteiger partial charge in [0.15, 0.2) is 0 Å². The normalized spacial score (nSPS) is 10.8. The average molecular weight is 350 g/mol. The van der Waals surface area contributed by atoms with Crippen molar-refractivity contribution in [2.45, 2.75) is 45.8 Å². The Morgan fingerprint density at radius 3 is 2.73 bits per heavy atom. The van der Waals surface area contributed by atoms with Crippen LogP contribution in [0.2, 0.25) is 0 Å². The minimum atomic E-state index is -1.06. The SMILES string of the molecule is CCCCN(Cc1cccnc1)C(=O)c1cccc(C#CC(C)(C)O)c1. The van der Waals surface area contributed by atoms with Gasteiger partial charge < -0.3 is 10.0 Å². The van der Waals surface area contributed by atoms with Crippen molar-refractivity contribution in [2.75, 3.05) is 6.54 Å². The number of amides is 1. The summed E-state index contributed by atoms with van der Waals surface area (Å²) < 4.78 is 0. The van der Waals surface area contributed by atoms with Gasteiger partial charge in [0.25, 0.3) is 5.91 Å². The molecule has 4 heteroatoms. The molecule has 2 rings (SSSR count). The van der Waals surface area contributed by atoms with Gasteiger partial charge in [-0.3, -0.25) is 9.78 Å². The van der Waals surface area contributed by atoms with Crippen molar-refractivity contribution in [2.24, 2.45) is 0 Å². The molecular formula is C22H26N2O2. The number of aliphatic hydroxyl groups is 1. The fourth-order valence-corrected chi connectivity index (χ4v) is 2.45. The minimum absolute atomic E-state index is 0.0192. The van der Waals surface area contributed by atoms with Crippen molar-refractivity contribution < 1.29 is 9.90 Å². The maximum atomic E-state index is 13.0. The van der Waals surface area contributed by atoms with Gasteiger partial charge in [0, 0.05) is 36.6 Å². The molecule has 136 valence electrons. The fourth-order valence-electron chi connectivity index (χ4n) is 2.45. The second-order valence-electron chi connectivity index (χ2n) is 6.83. The van der Waals surface area contributed by atoms with Crippen LogP contribution in [-0.4, -0.2) is 33.0 Å². The number of carbonyl (C=O) groups excluding carboxylic acids is 1. The Morgan fingerprint density at radius 2 is 2.08 bits per heavy atom. The van der Waals surface area contributed by atoms with E-state index < -0.39 is 5.60 Å². The first-order valence-corrected chi connectivity index (χ1v) is 8.93. The van der Waals surface area contributed by atoms with Crippen molar-refractivity contribution in [3.05, 3.63) is 65.5 Å². The molecule has 1 heterocycles. The predicted molar refractivity (Wildman–Crippen MR) is 104 cm³/mol. The van der Waals surface area contributed by atoms with Gasteiger partial charge in [-0.2, -0.15) is 0 Å². The minimum Gasteiger partial charge on any atom is -0.378 e. The average Bonchev–Trinajstić information content (AvgIpc) is 2.63. The van der Waals surface area contributed by atoms with Gasteiger partial charge in [-0.05, 0) is 50.1 Å². The number of hydrogen-bond donors (Lipinski definition) is 1. The van der Waals surface area contributed by atoms with Gasteiger partial charge >= 0.3 is 0 Å². The van der Waals surface area contributed by atoms with E-state index in [1.165, 1.54) is 0 Å². The van der Waals surface area contributed by atoms with Gasteiger partial charge in [-0.1, -0.05) is 37.3 Å². The zero-order valence-corrected chi connectivity index (χ0v) is 15.7. The quantitative estimate of drug-likeness (QED) is 0.809. The lowest BCUT2D eigenvalue weighted by atomic mass is 10.1. The third-order valence-corrected chi connectivity index (χ3v) is 3.79. The number of pyridine rings is 1. The monoisotopic (exact) mass is 350 g/mol. The van der Waals surface area contributed by atoms with Crippen molar-refractivity contribution in [3.63, 3.8) is 0 Å². The smallest absolute Gasteiger partial charge is 0.254 e. The summed E-state index contributed by atoms with van der Waals surface area (Å²) in [6, 6.07) is 11.1. The molecule has 1 aromatic heterocycles. The van der Waals surface area contributed by atoms with Crippen LogP contribution < -0.4 is 0 Å². The molecule has 0 spiro atoms. The maximum Gasteiger partial charge on any atom is 0.254 e. The number of rotatable bonds is 6. The second kappa shape index (κ2) is 9.17. The van der Waals surface area contributed by atoms with Gasteiger partial charge in [0.1, 0.15) is 5.60 Å². The maximum absolute atomic E-state index is 13.0. The van der Waals surface area contributed by atoms with E-state index >= 15 is 0 Å². The molecule has 0 aliphatic rings. The van der Waals surface area contributed by atoms with E-state index in [2.05, 4.69) is 23.7 Å². The van der Waals surface area contributed by atoms with E-state index in [9.17, 15) is 9.90 Å². The van der Waals surface area contributed by atoms with E-state index in [0.717, 1.165) is 24.0 Å². The highest BCUT2D eigenvalue weighted by atomic mass is 16.3. The van der Waals surface area contributed by atoms with Crippen LogP contribution >= 0.6 is 0 Å². The number of aromatic nitrogens is 1. The molecule has 0 aliphatic heterocycles. The van der Waals surface area contributed by atoms with E-state index in [4.69, 9.17) is 0 Å². The standard InChI is InChI=1S/C22H26N2O2/c1-4-5-14-24(17-19-9-7-13-23-16-19)21(25)20-10-6-8-18(15-20)11-12-22(2,3)26/h6-10,13,15-16,26H,4-5,14,17H2,1-3H3. The first-order valence-electron chi connectivity index (χ1n) is 8.93. The summed E-state index contributed by atoms with van der Waals surface area (Å²) >= 11 is 0. The van der Waals surface area contributed by atoms with Crippen molar-refractivity contribution in [3.8, 4) is 11.8 Å². The Balaban J connectivity index is 2.22. The van der Waals surface area contributed by atoms with Crippen molar-refractivity contribution in [1.29, 1.82) is 0 Å². The molecule has 0 saturated carbocycles. The Morgan fingerprint density at radius 1 is 1.27 bits per heavy atom. The van der Waals surface area contributed by atoms with Gasteiger partial charge in [0.05, 0.1) is 0 Å². The fraction of sp³-hybridized carbons (Fsp3) is 0.364. The molecule has 26 heavy (non-hydrogen) atoms. The molecule has 0 atom stereocenters. The molecule has 0 aliphatic carbocycles. The summed E-state index contributed by atoms with van der Waals surface area (Å²) in [4.78, 5) is 19.0. The summed E-state index contributed by atoms with van der Waals surface area (Å²) in [7, 11) is 0. The Hall–Kier alpha value is -2.64. The summed E-state index contributed by atoms with van der Waals surface area (Å²) in [6.07, 6.45) is 5.49. The van der Waals surface area contributed by atoms with Crippen LogP contribution in [0.25, 0.3) is 0 Å². The summed E-state index contributed by atoms with van der Waals surface area (Å²) in [5, 5.41) is 9.75. The molecule has 4 nitrogen and oxygen atoms in total. The highest BCUT2D eigenvalue weighted by molar-refractivity contribution is 5.94. The lowest BCUT2D eigenvalue weighted by Gasteiger charge is -2.23. The van der Waals surface area contributed by atoms with Crippen LogP contribution in [0, 0.1) is 11.8 Å². The van der Waals surface area contributed by atoms with Crippen LogP contribution in [0.4, 0.5) is 0 Å². The number of unbranched alkanes of at least 4 members (excludes halogenated alkanes) is 1. The number of hydrogen-bond acceptors (Lipinski definition) is 3. The van der Waals surface area contributed by atoms with Crippen LogP contribution in [0.1, 0.15) is 55.1 Å². The molecule has 1 N–H and O–H groups in total. The molecular weight excluding hydrogens is 324 g/mol. The highest BCUT2D eigenvalue weighted by Gasteiger charge is 2.16. The van der Waals surface area contributed by atoms with Crippen LogP contribution in [0.15, 0.2) is 48.8 Å². The zero-order chi connectivity index (χ0) is 19.0. The summed E-state index contributed by atoms with van der Waals surface area (Å²) in [5.74, 6) is 5.69. The van der Waals surface area contributed by atoms with Gasteiger partial charge in [0.2, 0.25) is 0 Å². The molecule has 0 bridgehead atoms. The molecule has 0 radical (unpaired) electrons. The van der Waals surface area contributed by atoms with Crippen LogP contribution in [-0.2, 0) is 6.54 Å². The van der Waals surface area contributed by atoms with E-state index in [0.29, 0.717) is 18.7 Å². The third kappa shape index (κ3) is 6.34. The Bertz CT molecular complexity index is 783. The number of benzene rings is 1. The van der Waals surface area contributed by atoms with Gasteiger partial charge in [-0.25, -0.2) is 0 Å². The molecule has 0 unspecified atom stereocenters. The van der Waals surface area contributed by atoms with E-state index in [1.807, 2.05) is 29.2 Å². The topological polar surface area (TPSA) is 53.4 Å². The van der Waals surface area contributed by atoms with Crippen LogP contribution in [0.5, 0.6) is 0 Å². The van der Waals surface area contributed by atoms with E-state index in [1.54, 1.807) is 38.4 Å². The van der Waals surface area contributed by atoms with Crippen molar-refractivity contribution in [1.82, 2.24) is 9.88 Å². The second-order valence-corrected chi connectivity index (χ2v) is 6.83. The number of nitrogens with zero attached hydrogens (tertiary/aromatic N) is 2. The van der Waals surface area contributed by atoms with E-state index in [-0.39, 0.29) is 5.91 Å². The Kier molecular flexibility index (Phi) is 6.94. The molecule has 0 saturated heterocycles. The van der Waals surface area contributed by atoms with Crippen LogP contribution in [0.3, 0.4) is 0 Å². The van der Waals surface area contributed by atoms with Gasteiger partial charge in [-0.15, -0.1) is 0 Å². The first-order chi connectivity index (χ1) is 12.4. The molecule has 1 aromatic carbocycles. The number of carbonyl (C=O) groups is 1. The predicted octanol–water partition coefficient (Wildman–Crippen LogP) is 3.65. The molecule has 0 fully saturated rings. The molecule has 2 aromatic rings. The highest BCUT2D eigenvalue weighted by Crippen LogP contribution is 2.13. The lowest BCUT2D eigenvalue weighted by molar-refractivity contribution is 0.0740. The Labute approximate surface area is 155 Å². The summed E-state index contributed by atoms with van der Waals surface area (Å²) in [6.45, 7) is 6.61. The third-order valence-electron chi connectivity index (χ3n) is 3.79. The first kappa shape index (κ1) is 19.7. The lowest BCUT2D eigenvalue weighted by Crippen LogP contribution is -2.31.